The Kier molecular flexibility index (Phi) is 7.31. The Morgan fingerprint density at radius 1 is 1.20 bits per heavy atom. The van der Waals surface area contributed by atoms with Crippen molar-refractivity contribution in [2.75, 3.05) is 6.61 Å². The summed E-state index contributed by atoms with van der Waals surface area (Å²) in [5.41, 5.74) is 0.750. The zero-order valence-electron chi connectivity index (χ0n) is 12.9. The third kappa shape index (κ3) is 7.29. The molecule has 0 aliphatic rings. The molecule has 1 aromatic carbocycles. The van der Waals surface area contributed by atoms with Gasteiger partial charge in [-0.3, -0.25) is 4.79 Å². The number of ether oxygens (including phenoxy) is 2. The van der Waals surface area contributed by atoms with Gasteiger partial charge in [0.05, 0.1) is 5.60 Å². The summed E-state index contributed by atoms with van der Waals surface area (Å²) in [7, 11) is 0. The molecular formula is C17H26O3. The first-order valence-electron chi connectivity index (χ1n) is 7.37. The lowest BCUT2D eigenvalue weighted by molar-refractivity contribution is -0.146. The molecule has 0 heterocycles. The van der Waals surface area contributed by atoms with E-state index in [1.165, 1.54) is 0 Å². The highest BCUT2D eigenvalue weighted by Crippen LogP contribution is 2.18. The molecule has 0 fully saturated rings. The van der Waals surface area contributed by atoms with E-state index in [0.717, 1.165) is 25.0 Å². The number of carbonyl (C=O) groups is 1. The number of rotatable bonds is 9. The van der Waals surface area contributed by atoms with Gasteiger partial charge in [-0.15, -0.1) is 0 Å². The maximum atomic E-state index is 11.7. The van der Waals surface area contributed by atoms with Gasteiger partial charge >= 0.3 is 5.97 Å². The van der Waals surface area contributed by atoms with Crippen LogP contribution in [0.25, 0.3) is 0 Å². The average molecular weight is 278 g/mol. The molecule has 0 aliphatic heterocycles. The fourth-order valence-corrected chi connectivity index (χ4v) is 1.78. The van der Waals surface area contributed by atoms with Crippen LogP contribution in [0, 0.1) is 0 Å². The molecule has 0 radical (unpaired) electrons. The van der Waals surface area contributed by atoms with E-state index < -0.39 is 0 Å². The van der Waals surface area contributed by atoms with Gasteiger partial charge in [-0.1, -0.05) is 43.7 Å². The van der Waals surface area contributed by atoms with Crippen LogP contribution in [0.5, 0.6) is 0 Å². The van der Waals surface area contributed by atoms with Gasteiger partial charge in [0.15, 0.2) is 0 Å². The fourth-order valence-electron chi connectivity index (χ4n) is 1.78. The standard InChI is InChI=1S/C17H26O3/c1-4-5-13-20-17(2,3)12-11-16(18)19-14-15-9-7-6-8-10-15/h6-10H,4-5,11-14H2,1-3H3. The van der Waals surface area contributed by atoms with Crippen molar-refractivity contribution in [2.45, 2.75) is 58.7 Å². The van der Waals surface area contributed by atoms with E-state index in [1.807, 2.05) is 44.2 Å². The van der Waals surface area contributed by atoms with Crippen LogP contribution in [0.4, 0.5) is 0 Å². The molecule has 3 nitrogen and oxygen atoms in total. The minimum Gasteiger partial charge on any atom is -0.461 e. The van der Waals surface area contributed by atoms with E-state index in [-0.39, 0.29) is 11.6 Å². The SMILES string of the molecule is CCCCOC(C)(C)CCC(=O)OCc1ccccc1. The molecule has 0 aromatic heterocycles. The molecule has 0 unspecified atom stereocenters. The lowest BCUT2D eigenvalue weighted by atomic mass is 10.0. The summed E-state index contributed by atoms with van der Waals surface area (Å²) >= 11 is 0. The first kappa shape index (κ1) is 16.7. The Labute approximate surface area is 122 Å². The van der Waals surface area contributed by atoms with Crippen LogP contribution in [0.15, 0.2) is 30.3 Å². The number of carbonyl (C=O) groups excluding carboxylic acids is 1. The van der Waals surface area contributed by atoms with Gasteiger partial charge in [0, 0.05) is 13.0 Å². The van der Waals surface area contributed by atoms with Crippen LogP contribution in [-0.4, -0.2) is 18.2 Å². The molecule has 20 heavy (non-hydrogen) atoms. The lowest BCUT2D eigenvalue weighted by Gasteiger charge is -2.24. The number of hydrogen-bond acceptors (Lipinski definition) is 3. The number of hydrogen-bond donors (Lipinski definition) is 0. The normalized spacial score (nSPS) is 11.3. The number of unbranched alkanes of at least 4 members (excludes halogenated alkanes) is 1. The van der Waals surface area contributed by atoms with Gasteiger partial charge in [-0.25, -0.2) is 0 Å². The average Bonchev–Trinajstić information content (AvgIpc) is 2.44. The molecule has 1 rings (SSSR count). The molecule has 0 spiro atoms. The molecule has 1 aromatic rings. The molecule has 0 saturated carbocycles. The van der Waals surface area contributed by atoms with Crippen molar-refractivity contribution in [2.24, 2.45) is 0 Å². The third-order valence-electron chi connectivity index (χ3n) is 3.16. The Bertz CT molecular complexity index is 384. The van der Waals surface area contributed by atoms with Crippen molar-refractivity contribution in [3.63, 3.8) is 0 Å². The van der Waals surface area contributed by atoms with Crippen LogP contribution >= 0.6 is 0 Å². The van der Waals surface area contributed by atoms with Gasteiger partial charge in [0.25, 0.3) is 0 Å². The third-order valence-corrected chi connectivity index (χ3v) is 3.16. The van der Waals surface area contributed by atoms with Crippen LogP contribution in [0.2, 0.25) is 0 Å². The van der Waals surface area contributed by atoms with Crippen molar-refractivity contribution in [3.05, 3.63) is 35.9 Å². The predicted molar refractivity (Wildman–Crippen MR) is 80.4 cm³/mol. The zero-order chi connectivity index (χ0) is 14.8. The minimum atomic E-state index is -0.263. The van der Waals surface area contributed by atoms with E-state index in [4.69, 9.17) is 9.47 Å². The maximum absolute atomic E-state index is 11.7. The number of esters is 1. The van der Waals surface area contributed by atoms with Crippen LogP contribution in [0.1, 0.15) is 52.0 Å². The van der Waals surface area contributed by atoms with E-state index in [0.29, 0.717) is 19.4 Å². The topological polar surface area (TPSA) is 35.5 Å². The molecule has 112 valence electrons. The molecule has 3 heteroatoms. The monoisotopic (exact) mass is 278 g/mol. The second kappa shape index (κ2) is 8.75. The van der Waals surface area contributed by atoms with Crippen molar-refractivity contribution in [1.82, 2.24) is 0 Å². The second-order valence-electron chi connectivity index (χ2n) is 5.61. The summed E-state index contributed by atoms with van der Waals surface area (Å²) in [6.07, 6.45) is 3.26. The van der Waals surface area contributed by atoms with Crippen molar-refractivity contribution in [1.29, 1.82) is 0 Å². The van der Waals surface area contributed by atoms with Crippen LogP contribution in [0.3, 0.4) is 0 Å². The first-order valence-corrected chi connectivity index (χ1v) is 7.37. The molecule has 0 amide bonds. The minimum absolute atomic E-state index is 0.166. The Balaban J connectivity index is 2.22. The largest absolute Gasteiger partial charge is 0.461 e. The molecular weight excluding hydrogens is 252 g/mol. The summed E-state index contributed by atoms with van der Waals surface area (Å²) < 4.78 is 11.0. The second-order valence-corrected chi connectivity index (χ2v) is 5.61. The Morgan fingerprint density at radius 3 is 2.55 bits per heavy atom. The van der Waals surface area contributed by atoms with Gasteiger partial charge in [-0.2, -0.15) is 0 Å². The van der Waals surface area contributed by atoms with Gasteiger partial charge in [0.2, 0.25) is 0 Å². The van der Waals surface area contributed by atoms with Crippen molar-refractivity contribution in [3.8, 4) is 0 Å². The predicted octanol–water partition coefficient (Wildman–Crippen LogP) is 4.11. The highest BCUT2D eigenvalue weighted by Gasteiger charge is 2.20. The van der Waals surface area contributed by atoms with Crippen LogP contribution in [-0.2, 0) is 20.9 Å². The number of benzene rings is 1. The lowest BCUT2D eigenvalue weighted by Crippen LogP contribution is -2.26. The smallest absolute Gasteiger partial charge is 0.306 e. The molecule has 0 saturated heterocycles. The Hall–Kier alpha value is -1.35. The van der Waals surface area contributed by atoms with E-state index >= 15 is 0 Å². The summed E-state index contributed by atoms with van der Waals surface area (Å²) in [6.45, 7) is 7.27. The molecule has 0 N–H and O–H groups in total. The summed E-state index contributed by atoms with van der Waals surface area (Å²) in [5, 5.41) is 0. The molecule has 0 bridgehead atoms. The van der Waals surface area contributed by atoms with Gasteiger partial charge in [0.1, 0.15) is 6.61 Å². The fraction of sp³-hybridized carbons (Fsp3) is 0.588. The summed E-state index contributed by atoms with van der Waals surface area (Å²) in [5.74, 6) is -0.166. The van der Waals surface area contributed by atoms with Gasteiger partial charge in [-0.05, 0) is 32.3 Å². The van der Waals surface area contributed by atoms with E-state index in [1.54, 1.807) is 0 Å². The Morgan fingerprint density at radius 2 is 1.90 bits per heavy atom. The van der Waals surface area contributed by atoms with E-state index in [2.05, 4.69) is 6.92 Å². The quantitative estimate of drug-likeness (QED) is 0.504. The molecule has 0 atom stereocenters. The molecule has 0 aliphatic carbocycles. The van der Waals surface area contributed by atoms with Crippen molar-refractivity contribution >= 4 is 5.97 Å². The highest BCUT2D eigenvalue weighted by molar-refractivity contribution is 5.69. The maximum Gasteiger partial charge on any atom is 0.306 e. The zero-order valence-corrected chi connectivity index (χ0v) is 12.9. The van der Waals surface area contributed by atoms with Gasteiger partial charge < -0.3 is 9.47 Å². The van der Waals surface area contributed by atoms with Crippen molar-refractivity contribution < 1.29 is 14.3 Å². The van der Waals surface area contributed by atoms with E-state index in [9.17, 15) is 4.79 Å². The summed E-state index contributed by atoms with van der Waals surface area (Å²) in [6, 6.07) is 9.72. The van der Waals surface area contributed by atoms with Crippen LogP contribution < -0.4 is 0 Å². The highest BCUT2D eigenvalue weighted by atomic mass is 16.5. The summed E-state index contributed by atoms with van der Waals surface area (Å²) in [4.78, 5) is 11.7. The first-order chi connectivity index (χ1) is 9.53.